The predicted octanol–water partition coefficient (Wildman–Crippen LogP) is 3.08. The van der Waals surface area contributed by atoms with E-state index in [1.54, 1.807) is 0 Å². The average Bonchev–Trinajstić information content (AvgIpc) is 2.14. The molecule has 0 aromatic rings. The van der Waals surface area contributed by atoms with Crippen molar-refractivity contribution in [1.82, 2.24) is 10.2 Å². The van der Waals surface area contributed by atoms with Crippen molar-refractivity contribution in [3.63, 3.8) is 0 Å². The van der Waals surface area contributed by atoms with E-state index in [1.165, 1.54) is 0 Å². The monoisotopic (exact) mass is 258 g/mol. The van der Waals surface area contributed by atoms with Crippen LogP contribution in [0.2, 0.25) is 0 Å². The predicted molar refractivity (Wildman–Crippen MR) is 76.4 cm³/mol. The van der Waals surface area contributed by atoms with Crippen LogP contribution >= 0.6 is 11.6 Å². The highest BCUT2D eigenvalue weighted by molar-refractivity contribution is 6.29. The number of piperazine rings is 1. The van der Waals surface area contributed by atoms with Crippen molar-refractivity contribution in [3.05, 3.63) is 11.6 Å². The second-order valence-corrected chi connectivity index (χ2v) is 7.12. The fourth-order valence-electron chi connectivity index (χ4n) is 2.47. The molecule has 1 N–H and O–H groups in total. The number of halogens is 1. The molecule has 0 bridgehead atoms. The van der Waals surface area contributed by atoms with Gasteiger partial charge in [0.1, 0.15) is 0 Å². The summed E-state index contributed by atoms with van der Waals surface area (Å²) in [4.78, 5) is 2.48. The Balaban J connectivity index is 2.73. The molecule has 100 valence electrons. The van der Waals surface area contributed by atoms with E-state index in [2.05, 4.69) is 51.4 Å². The fraction of sp³-hybridized carbons (Fsp3) is 0.857. The summed E-state index contributed by atoms with van der Waals surface area (Å²) in [6.07, 6.45) is 0. The molecule has 0 amide bonds. The minimum Gasteiger partial charge on any atom is -0.311 e. The Kier molecular flexibility index (Phi) is 5.06. The van der Waals surface area contributed by atoms with Gasteiger partial charge in [0.05, 0.1) is 0 Å². The van der Waals surface area contributed by atoms with Gasteiger partial charge in [0.2, 0.25) is 0 Å². The molecular formula is C14H27ClN2. The molecule has 1 aliphatic heterocycles. The van der Waals surface area contributed by atoms with Crippen LogP contribution in [0.3, 0.4) is 0 Å². The summed E-state index contributed by atoms with van der Waals surface area (Å²) in [5, 5.41) is 4.42. The van der Waals surface area contributed by atoms with Crippen molar-refractivity contribution in [1.29, 1.82) is 0 Å². The molecule has 1 fully saturated rings. The molecular weight excluding hydrogens is 232 g/mol. The van der Waals surface area contributed by atoms with Gasteiger partial charge in [-0.25, -0.2) is 0 Å². The lowest BCUT2D eigenvalue weighted by atomic mass is 9.83. The molecule has 2 atom stereocenters. The molecule has 1 saturated heterocycles. The summed E-state index contributed by atoms with van der Waals surface area (Å²) in [7, 11) is 0. The lowest BCUT2D eigenvalue weighted by Gasteiger charge is -2.46. The van der Waals surface area contributed by atoms with Crippen molar-refractivity contribution in [2.75, 3.05) is 19.6 Å². The smallest absolute Gasteiger partial charge is 0.0339 e. The maximum atomic E-state index is 5.99. The first-order valence-electron chi connectivity index (χ1n) is 6.52. The molecule has 0 radical (unpaired) electrons. The Bertz CT molecular complexity index is 268. The van der Waals surface area contributed by atoms with Gasteiger partial charge in [-0.15, -0.1) is 0 Å². The number of hydrogen-bond donors (Lipinski definition) is 1. The van der Waals surface area contributed by atoms with Crippen LogP contribution in [0.5, 0.6) is 0 Å². The quantitative estimate of drug-likeness (QED) is 0.837. The molecule has 0 aliphatic carbocycles. The second-order valence-electron chi connectivity index (χ2n) is 6.58. The molecule has 0 aromatic heterocycles. The topological polar surface area (TPSA) is 15.3 Å². The van der Waals surface area contributed by atoms with Gasteiger partial charge in [-0.05, 0) is 11.3 Å². The highest BCUT2D eigenvalue weighted by atomic mass is 35.5. The minimum absolute atomic E-state index is 0.286. The van der Waals surface area contributed by atoms with Crippen LogP contribution in [-0.2, 0) is 0 Å². The summed E-state index contributed by atoms with van der Waals surface area (Å²) >= 11 is 5.99. The molecule has 17 heavy (non-hydrogen) atoms. The van der Waals surface area contributed by atoms with Crippen LogP contribution in [0.4, 0.5) is 0 Å². The van der Waals surface area contributed by atoms with E-state index in [1.807, 2.05) is 0 Å². The molecule has 2 nitrogen and oxygen atoms in total. The Hall–Kier alpha value is -0.0500. The Labute approximate surface area is 111 Å². The normalized spacial score (nSPS) is 27.5. The maximum absolute atomic E-state index is 5.99. The summed E-state index contributed by atoms with van der Waals surface area (Å²) in [5.74, 6) is 0.638. The van der Waals surface area contributed by atoms with E-state index in [0.29, 0.717) is 18.0 Å². The number of nitrogens with one attached hydrogen (secondary N) is 1. The van der Waals surface area contributed by atoms with Crippen molar-refractivity contribution in [2.45, 2.75) is 46.7 Å². The lowest BCUT2D eigenvalue weighted by molar-refractivity contribution is 0.0723. The van der Waals surface area contributed by atoms with Crippen LogP contribution in [0.15, 0.2) is 11.6 Å². The van der Waals surface area contributed by atoms with E-state index < -0.39 is 0 Å². The fourth-order valence-corrected chi connectivity index (χ4v) is 2.62. The van der Waals surface area contributed by atoms with E-state index in [9.17, 15) is 0 Å². The van der Waals surface area contributed by atoms with Crippen molar-refractivity contribution in [3.8, 4) is 0 Å². The second kappa shape index (κ2) is 5.73. The van der Waals surface area contributed by atoms with Crippen LogP contribution in [0.25, 0.3) is 0 Å². The van der Waals surface area contributed by atoms with Gasteiger partial charge < -0.3 is 5.32 Å². The first kappa shape index (κ1) is 15.0. The zero-order valence-electron chi connectivity index (χ0n) is 11.9. The van der Waals surface area contributed by atoms with Gasteiger partial charge in [0.25, 0.3) is 0 Å². The Morgan fingerprint density at radius 1 is 1.47 bits per heavy atom. The zero-order valence-corrected chi connectivity index (χ0v) is 12.6. The minimum atomic E-state index is 0.286. The summed E-state index contributed by atoms with van der Waals surface area (Å²) in [6.45, 7) is 18.1. The SMILES string of the molecule is C=C(Cl)CN1CC(C(C)(C)C)NCC1C(C)C. The standard InChI is InChI=1S/C14H27ClN2/c1-10(2)12-7-16-13(14(4,5)6)9-17(12)8-11(3)15/h10,12-13,16H,3,7-9H2,1-2,4-6H3. The third kappa shape index (κ3) is 4.27. The highest BCUT2D eigenvalue weighted by Crippen LogP contribution is 2.26. The molecule has 1 rings (SSSR count). The summed E-state index contributed by atoms with van der Waals surface area (Å²) < 4.78 is 0. The third-order valence-corrected chi connectivity index (χ3v) is 3.77. The molecule has 2 unspecified atom stereocenters. The van der Waals surface area contributed by atoms with Crippen molar-refractivity contribution >= 4 is 11.6 Å². The van der Waals surface area contributed by atoms with Crippen LogP contribution in [0.1, 0.15) is 34.6 Å². The van der Waals surface area contributed by atoms with Gasteiger partial charge >= 0.3 is 0 Å². The van der Waals surface area contributed by atoms with Gasteiger partial charge in [0.15, 0.2) is 0 Å². The molecule has 1 heterocycles. The largest absolute Gasteiger partial charge is 0.311 e. The zero-order chi connectivity index (χ0) is 13.2. The van der Waals surface area contributed by atoms with Gasteiger partial charge in [-0.3, -0.25) is 4.90 Å². The van der Waals surface area contributed by atoms with Crippen LogP contribution in [0, 0.1) is 11.3 Å². The maximum Gasteiger partial charge on any atom is 0.0339 e. The number of rotatable bonds is 3. The van der Waals surface area contributed by atoms with Crippen LogP contribution < -0.4 is 5.32 Å². The average molecular weight is 259 g/mol. The summed E-state index contributed by atoms with van der Waals surface area (Å²) in [6, 6.07) is 1.08. The van der Waals surface area contributed by atoms with Crippen molar-refractivity contribution < 1.29 is 0 Å². The third-order valence-electron chi connectivity index (χ3n) is 3.65. The molecule has 0 spiro atoms. The van der Waals surface area contributed by atoms with Gasteiger partial charge in [0, 0.05) is 36.8 Å². The van der Waals surface area contributed by atoms with Crippen molar-refractivity contribution in [2.24, 2.45) is 11.3 Å². The molecule has 3 heteroatoms. The molecule has 0 saturated carbocycles. The van der Waals surface area contributed by atoms with E-state index in [4.69, 9.17) is 11.6 Å². The molecule has 0 aromatic carbocycles. The van der Waals surface area contributed by atoms with Gasteiger partial charge in [-0.2, -0.15) is 0 Å². The first-order valence-corrected chi connectivity index (χ1v) is 6.90. The van der Waals surface area contributed by atoms with E-state index >= 15 is 0 Å². The number of nitrogens with zero attached hydrogens (tertiary/aromatic N) is 1. The summed E-state index contributed by atoms with van der Waals surface area (Å²) in [5.41, 5.74) is 0.286. The van der Waals surface area contributed by atoms with E-state index in [-0.39, 0.29) is 5.41 Å². The Morgan fingerprint density at radius 2 is 2.06 bits per heavy atom. The molecule has 1 aliphatic rings. The highest BCUT2D eigenvalue weighted by Gasteiger charge is 2.35. The first-order chi connectivity index (χ1) is 7.71. The Morgan fingerprint density at radius 3 is 2.47 bits per heavy atom. The lowest BCUT2D eigenvalue weighted by Crippen LogP contribution is -2.61. The number of hydrogen-bond acceptors (Lipinski definition) is 2. The van der Waals surface area contributed by atoms with Gasteiger partial charge in [-0.1, -0.05) is 52.8 Å². The van der Waals surface area contributed by atoms with E-state index in [0.717, 1.165) is 24.7 Å². The van der Waals surface area contributed by atoms with Crippen LogP contribution in [-0.4, -0.2) is 36.6 Å².